The number of nitrogens with one attached hydrogen (secondary N) is 2. The van der Waals surface area contributed by atoms with Crippen LogP contribution in [0.2, 0.25) is 0 Å². The smallest absolute Gasteiger partial charge is 0.241 e. The van der Waals surface area contributed by atoms with Crippen LogP contribution in [0.25, 0.3) is 0 Å². The van der Waals surface area contributed by atoms with Gasteiger partial charge in [-0.3, -0.25) is 9.52 Å². The summed E-state index contributed by atoms with van der Waals surface area (Å²) < 4.78 is 24.6. The summed E-state index contributed by atoms with van der Waals surface area (Å²) >= 11 is 0. The first-order chi connectivity index (χ1) is 8.81. The highest BCUT2D eigenvalue weighted by molar-refractivity contribution is 7.92. The van der Waals surface area contributed by atoms with E-state index in [1.807, 2.05) is 6.92 Å². The molecule has 0 aliphatic heterocycles. The zero-order valence-corrected chi connectivity index (χ0v) is 13.1. The Bertz CT molecular complexity index is 549. The van der Waals surface area contributed by atoms with Gasteiger partial charge >= 0.3 is 0 Å². The van der Waals surface area contributed by atoms with Gasteiger partial charge < -0.3 is 11.1 Å². The van der Waals surface area contributed by atoms with Gasteiger partial charge in [-0.25, -0.2) is 8.42 Å². The quantitative estimate of drug-likeness (QED) is 0.739. The van der Waals surface area contributed by atoms with Gasteiger partial charge in [-0.2, -0.15) is 0 Å². The third kappa shape index (κ3) is 6.74. The molecule has 1 amide bonds. The molecular weight excluding hydrogens is 302 g/mol. The summed E-state index contributed by atoms with van der Waals surface area (Å²) in [4.78, 5) is 11.7. The Labute approximate surface area is 125 Å². The fourth-order valence-corrected chi connectivity index (χ4v) is 2.11. The minimum Gasteiger partial charge on any atom is -0.325 e. The van der Waals surface area contributed by atoms with Crippen molar-refractivity contribution in [3.05, 3.63) is 24.3 Å². The number of benzene rings is 1. The predicted molar refractivity (Wildman–Crippen MR) is 83.7 cm³/mol. The van der Waals surface area contributed by atoms with Gasteiger partial charge in [0.05, 0.1) is 18.0 Å². The highest BCUT2D eigenvalue weighted by Gasteiger charge is 2.12. The molecule has 0 saturated carbocycles. The molecule has 0 aliphatic rings. The Morgan fingerprint density at radius 2 is 1.95 bits per heavy atom. The molecule has 4 N–H and O–H groups in total. The molecule has 1 atom stereocenters. The summed E-state index contributed by atoms with van der Waals surface area (Å²) in [5.41, 5.74) is 6.59. The highest BCUT2D eigenvalue weighted by atomic mass is 35.5. The van der Waals surface area contributed by atoms with Crippen molar-refractivity contribution in [2.45, 2.75) is 25.8 Å². The van der Waals surface area contributed by atoms with Crippen LogP contribution in [0.1, 0.15) is 19.8 Å². The van der Waals surface area contributed by atoms with Crippen molar-refractivity contribution < 1.29 is 13.2 Å². The van der Waals surface area contributed by atoms with E-state index in [0.717, 1.165) is 12.7 Å². The number of carbonyl (C=O) groups excluding carboxylic acids is 1. The topological polar surface area (TPSA) is 101 Å². The second-order valence-electron chi connectivity index (χ2n) is 4.34. The minimum atomic E-state index is -3.33. The summed E-state index contributed by atoms with van der Waals surface area (Å²) in [5.74, 6) is -0.279. The van der Waals surface area contributed by atoms with Gasteiger partial charge in [-0.05, 0) is 24.6 Å². The van der Waals surface area contributed by atoms with E-state index in [9.17, 15) is 13.2 Å². The average Bonchev–Trinajstić information content (AvgIpc) is 2.27. The number of sulfonamides is 1. The summed E-state index contributed by atoms with van der Waals surface area (Å²) in [6.45, 7) is 1.95. The van der Waals surface area contributed by atoms with Crippen molar-refractivity contribution in [3.8, 4) is 0 Å². The van der Waals surface area contributed by atoms with Crippen LogP contribution in [0, 0.1) is 0 Å². The summed E-state index contributed by atoms with van der Waals surface area (Å²) in [6.07, 6.45) is 2.49. The number of hydrogen-bond donors (Lipinski definition) is 3. The molecule has 20 heavy (non-hydrogen) atoms. The number of anilines is 2. The monoisotopic (exact) mass is 321 g/mol. The molecule has 1 unspecified atom stereocenters. The number of halogens is 1. The van der Waals surface area contributed by atoms with E-state index in [4.69, 9.17) is 5.73 Å². The van der Waals surface area contributed by atoms with Crippen LogP contribution < -0.4 is 15.8 Å². The lowest BCUT2D eigenvalue weighted by atomic mass is 10.1. The van der Waals surface area contributed by atoms with Crippen LogP contribution in [-0.4, -0.2) is 26.6 Å². The van der Waals surface area contributed by atoms with E-state index in [2.05, 4.69) is 10.0 Å². The fraction of sp³-hybridized carbons (Fsp3) is 0.417. The van der Waals surface area contributed by atoms with E-state index in [-0.39, 0.29) is 18.3 Å². The van der Waals surface area contributed by atoms with E-state index < -0.39 is 16.1 Å². The van der Waals surface area contributed by atoms with E-state index >= 15 is 0 Å². The Balaban J connectivity index is 0.00000361. The van der Waals surface area contributed by atoms with Crippen LogP contribution in [0.15, 0.2) is 24.3 Å². The predicted octanol–water partition coefficient (Wildman–Crippen LogP) is 1.55. The van der Waals surface area contributed by atoms with Crippen molar-refractivity contribution in [3.63, 3.8) is 0 Å². The second kappa shape index (κ2) is 8.08. The standard InChI is InChI=1S/C12H19N3O3S.ClH/c1-3-5-11(13)12(16)14-9-6-4-7-10(8-9)15-19(2,17)18;/h4,6-8,11,15H,3,5,13H2,1-2H3,(H,14,16);1H. The first kappa shape index (κ1) is 18.7. The van der Waals surface area contributed by atoms with Crippen molar-refractivity contribution in [2.75, 3.05) is 16.3 Å². The van der Waals surface area contributed by atoms with E-state index in [1.165, 1.54) is 6.07 Å². The molecule has 1 aromatic rings. The van der Waals surface area contributed by atoms with Crippen molar-refractivity contribution in [2.24, 2.45) is 5.73 Å². The summed E-state index contributed by atoms with van der Waals surface area (Å²) in [7, 11) is -3.33. The lowest BCUT2D eigenvalue weighted by Crippen LogP contribution is -2.35. The molecule has 0 spiro atoms. The summed E-state index contributed by atoms with van der Waals surface area (Å²) in [5, 5.41) is 2.65. The number of rotatable bonds is 6. The van der Waals surface area contributed by atoms with Crippen LogP contribution >= 0.6 is 12.4 Å². The first-order valence-corrected chi connectivity index (χ1v) is 7.85. The van der Waals surface area contributed by atoms with Gasteiger partial charge in [0.25, 0.3) is 0 Å². The lowest BCUT2D eigenvalue weighted by Gasteiger charge is -2.12. The Hall–Kier alpha value is -1.31. The molecule has 0 aliphatic carbocycles. The zero-order valence-electron chi connectivity index (χ0n) is 11.4. The zero-order chi connectivity index (χ0) is 14.5. The van der Waals surface area contributed by atoms with E-state index in [1.54, 1.807) is 18.2 Å². The number of hydrogen-bond acceptors (Lipinski definition) is 4. The normalized spacial score (nSPS) is 12.2. The third-order valence-corrected chi connectivity index (χ3v) is 2.98. The second-order valence-corrected chi connectivity index (χ2v) is 6.09. The maximum absolute atomic E-state index is 11.7. The molecule has 8 heteroatoms. The molecule has 0 bridgehead atoms. The molecule has 1 rings (SSSR count). The summed E-state index contributed by atoms with van der Waals surface area (Å²) in [6, 6.07) is 5.90. The molecular formula is C12H20ClN3O3S. The van der Waals surface area contributed by atoms with Gasteiger partial charge in [-0.1, -0.05) is 19.4 Å². The lowest BCUT2D eigenvalue weighted by molar-refractivity contribution is -0.117. The molecule has 114 valence electrons. The Morgan fingerprint density at radius 1 is 1.35 bits per heavy atom. The average molecular weight is 322 g/mol. The molecule has 1 aromatic carbocycles. The molecule has 0 aromatic heterocycles. The minimum absolute atomic E-state index is 0. The number of amides is 1. The molecule has 0 saturated heterocycles. The van der Waals surface area contributed by atoms with Gasteiger partial charge in [0, 0.05) is 5.69 Å². The van der Waals surface area contributed by atoms with Gasteiger partial charge in [0.15, 0.2) is 0 Å². The molecule has 0 fully saturated rings. The Morgan fingerprint density at radius 3 is 2.50 bits per heavy atom. The molecule has 0 radical (unpaired) electrons. The molecule has 0 heterocycles. The van der Waals surface area contributed by atoms with Crippen molar-refractivity contribution in [1.82, 2.24) is 0 Å². The third-order valence-electron chi connectivity index (χ3n) is 2.37. The van der Waals surface area contributed by atoms with Crippen LogP contribution in [0.3, 0.4) is 0 Å². The fourth-order valence-electron chi connectivity index (χ4n) is 1.55. The SMILES string of the molecule is CCCC(N)C(=O)Nc1cccc(NS(C)(=O)=O)c1.Cl. The maximum atomic E-state index is 11.7. The first-order valence-electron chi connectivity index (χ1n) is 5.96. The van der Waals surface area contributed by atoms with Crippen molar-refractivity contribution in [1.29, 1.82) is 0 Å². The van der Waals surface area contributed by atoms with Crippen LogP contribution in [0.5, 0.6) is 0 Å². The molecule has 6 nitrogen and oxygen atoms in total. The van der Waals surface area contributed by atoms with E-state index in [0.29, 0.717) is 17.8 Å². The number of nitrogens with two attached hydrogens (primary N) is 1. The van der Waals surface area contributed by atoms with Crippen molar-refractivity contribution >= 4 is 39.7 Å². The van der Waals surface area contributed by atoms with Gasteiger partial charge in [0.2, 0.25) is 15.9 Å². The maximum Gasteiger partial charge on any atom is 0.241 e. The largest absolute Gasteiger partial charge is 0.325 e. The van der Waals surface area contributed by atoms with Gasteiger partial charge in [-0.15, -0.1) is 12.4 Å². The van der Waals surface area contributed by atoms with Gasteiger partial charge in [0.1, 0.15) is 0 Å². The van der Waals surface area contributed by atoms with Crippen LogP contribution in [0.4, 0.5) is 11.4 Å². The van der Waals surface area contributed by atoms with Crippen LogP contribution in [-0.2, 0) is 14.8 Å². The Kier molecular flexibility index (Phi) is 7.55. The highest BCUT2D eigenvalue weighted by Crippen LogP contribution is 2.16. The number of carbonyl (C=O) groups is 1.